The van der Waals surface area contributed by atoms with Crippen LogP contribution in [0.15, 0.2) is 12.2 Å². The Morgan fingerprint density at radius 3 is 2.07 bits per heavy atom. The highest BCUT2D eigenvalue weighted by Crippen LogP contribution is 2.02. The van der Waals surface area contributed by atoms with E-state index in [1.54, 1.807) is 6.92 Å². The lowest BCUT2D eigenvalue weighted by atomic mass is 10.2. The Labute approximate surface area is 91.3 Å². The van der Waals surface area contributed by atoms with Gasteiger partial charge in [-0.3, -0.25) is 16.0 Å². The summed E-state index contributed by atoms with van der Waals surface area (Å²) in [5, 5.41) is 9.25. The predicted molar refractivity (Wildman–Crippen MR) is 60.3 cm³/mol. The van der Waals surface area contributed by atoms with Crippen molar-refractivity contribution in [1.82, 2.24) is 16.0 Å². The number of esters is 1. The van der Waals surface area contributed by atoms with Crippen LogP contribution in [0.4, 0.5) is 0 Å². The first-order chi connectivity index (χ1) is 7.01. The zero-order chi connectivity index (χ0) is 11.9. The predicted octanol–water partition coefficient (Wildman–Crippen LogP) is -0.192. The molecule has 88 valence electrons. The SMILES string of the molecule is C=C(C)C(=O)OCCC(NC)(NC)NC. The smallest absolute Gasteiger partial charge is 0.333 e. The molecule has 0 saturated heterocycles. The molecule has 5 nitrogen and oxygen atoms in total. The molecule has 0 heterocycles. The van der Waals surface area contributed by atoms with Crippen molar-refractivity contribution in [3.63, 3.8) is 0 Å². The number of hydrogen-bond donors (Lipinski definition) is 3. The molecule has 0 amide bonds. The average Bonchev–Trinajstić information content (AvgIpc) is 2.24. The van der Waals surface area contributed by atoms with E-state index in [-0.39, 0.29) is 5.97 Å². The van der Waals surface area contributed by atoms with Gasteiger partial charge in [0, 0.05) is 12.0 Å². The van der Waals surface area contributed by atoms with E-state index in [2.05, 4.69) is 22.5 Å². The zero-order valence-electron chi connectivity index (χ0n) is 9.94. The summed E-state index contributed by atoms with van der Waals surface area (Å²) in [6, 6.07) is 0. The number of hydrogen-bond acceptors (Lipinski definition) is 5. The van der Waals surface area contributed by atoms with Gasteiger partial charge in [0.1, 0.15) is 5.79 Å². The number of carbonyl (C=O) groups excluding carboxylic acids is 1. The Balaban J connectivity index is 4.02. The average molecular weight is 215 g/mol. The second kappa shape index (κ2) is 6.55. The maximum absolute atomic E-state index is 11.1. The molecule has 0 aliphatic carbocycles. The van der Waals surface area contributed by atoms with Gasteiger partial charge >= 0.3 is 5.97 Å². The van der Waals surface area contributed by atoms with Crippen LogP contribution in [0.1, 0.15) is 13.3 Å². The Kier molecular flexibility index (Phi) is 6.15. The number of ether oxygens (including phenoxy) is 1. The van der Waals surface area contributed by atoms with Gasteiger partial charge in [-0.1, -0.05) is 6.58 Å². The first-order valence-electron chi connectivity index (χ1n) is 4.90. The number of rotatable bonds is 7. The van der Waals surface area contributed by atoms with Crippen molar-refractivity contribution in [2.45, 2.75) is 19.1 Å². The van der Waals surface area contributed by atoms with E-state index in [1.807, 2.05) is 21.1 Å². The van der Waals surface area contributed by atoms with Crippen molar-refractivity contribution in [2.75, 3.05) is 27.7 Å². The van der Waals surface area contributed by atoms with Crippen LogP contribution in [0.25, 0.3) is 0 Å². The summed E-state index contributed by atoms with van der Waals surface area (Å²) in [6.07, 6.45) is 0.621. The van der Waals surface area contributed by atoms with Crippen LogP contribution in [0, 0.1) is 0 Å². The van der Waals surface area contributed by atoms with Gasteiger partial charge in [-0.2, -0.15) is 0 Å². The molecule has 0 radical (unpaired) electrons. The van der Waals surface area contributed by atoms with Crippen molar-refractivity contribution in [2.24, 2.45) is 0 Å². The maximum Gasteiger partial charge on any atom is 0.333 e. The third-order valence-electron chi connectivity index (χ3n) is 2.34. The van der Waals surface area contributed by atoms with E-state index in [4.69, 9.17) is 4.74 Å². The van der Waals surface area contributed by atoms with Crippen molar-refractivity contribution < 1.29 is 9.53 Å². The quantitative estimate of drug-likeness (QED) is 0.312. The van der Waals surface area contributed by atoms with Gasteiger partial charge in [0.15, 0.2) is 0 Å². The molecule has 0 atom stereocenters. The van der Waals surface area contributed by atoms with Crippen LogP contribution in [-0.2, 0) is 9.53 Å². The molecule has 0 fully saturated rings. The fourth-order valence-corrected chi connectivity index (χ4v) is 1.17. The summed E-state index contributed by atoms with van der Waals surface area (Å²) in [5.74, 6) is -0.762. The lowest BCUT2D eigenvalue weighted by molar-refractivity contribution is -0.139. The molecule has 5 heteroatoms. The zero-order valence-corrected chi connectivity index (χ0v) is 9.94. The molecule has 0 aromatic carbocycles. The second-order valence-electron chi connectivity index (χ2n) is 3.32. The molecule has 0 aromatic heterocycles. The van der Waals surface area contributed by atoms with Gasteiger partial charge in [0.05, 0.1) is 6.61 Å². The van der Waals surface area contributed by atoms with Crippen molar-refractivity contribution in [3.05, 3.63) is 12.2 Å². The molecule has 0 spiro atoms. The van der Waals surface area contributed by atoms with E-state index in [0.29, 0.717) is 18.6 Å². The summed E-state index contributed by atoms with van der Waals surface area (Å²) in [7, 11) is 5.48. The fraction of sp³-hybridized carbons (Fsp3) is 0.700. The van der Waals surface area contributed by atoms with Crippen LogP contribution < -0.4 is 16.0 Å². The molecule has 0 aromatic rings. The Hall–Kier alpha value is -0.910. The third kappa shape index (κ3) is 4.42. The summed E-state index contributed by atoms with van der Waals surface area (Å²) in [6.45, 7) is 5.47. The van der Waals surface area contributed by atoms with Gasteiger partial charge in [-0.15, -0.1) is 0 Å². The van der Waals surface area contributed by atoms with Gasteiger partial charge in [0.2, 0.25) is 0 Å². The lowest BCUT2D eigenvalue weighted by Gasteiger charge is -2.32. The van der Waals surface area contributed by atoms with E-state index >= 15 is 0 Å². The van der Waals surface area contributed by atoms with Crippen molar-refractivity contribution in [1.29, 1.82) is 0 Å². The lowest BCUT2D eigenvalue weighted by Crippen LogP contribution is -2.63. The highest BCUT2D eigenvalue weighted by atomic mass is 16.5. The van der Waals surface area contributed by atoms with Crippen LogP contribution in [0.3, 0.4) is 0 Å². The minimum absolute atomic E-state index is 0.328. The summed E-state index contributed by atoms with van der Waals surface area (Å²) < 4.78 is 5.01. The van der Waals surface area contributed by atoms with Crippen molar-refractivity contribution >= 4 is 5.97 Å². The molecule has 3 N–H and O–H groups in total. The monoisotopic (exact) mass is 215 g/mol. The van der Waals surface area contributed by atoms with Crippen molar-refractivity contribution in [3.8, 4) is 0 Å². The van der Waals surface area contributed by atoms with Gasteiger partial charge in [0.25, 0.3) is 0 Å². The number of nitrogens with one attached hydrogen (secondary N) is 3. The van der Waals surface area contributed by atoms with Gasteiger partial charge in [-0.05, 0) is 28.1 Å². The molecular formula is C10H21N3O2. The highest BCUT2D eigenvalue weighted by molar-refractivity contribution is 5.86. The number of carbonyl (C=O) groups is 1. The van der Waals surface area contributed by atoms with Gasteiger partial charge in [-0.25, -0.2) is 4.79 Å². The van der Waals surface area contributed by atoms with Crippen LogP contribution >= 0.6 is 0 Å². The summed E-state index contributed by atoms with van der Waals surface area (Å²) >= 11 is 0. The topological polar surface area (TPSA) is 62.4 Å². The molecule has 0 aliphatic heterocycles. The molecule has 0 saturated carbocycles. The first kappa shape index (κ1) is 14.1. The first-order valence-corrected chi connectivity index (χ1v) is 4.90. The normalized spacial score (nSPS) is 11.2. The van der Waals surface area contributed by atoms with E-state index in [0.717, 1.165) is 0 Å². The van der Waals surface area contributed by atoms with E-state index < -0.39 is 5.79 Å². The largest absolute Gasteiger partial charge is 0.462 e. The Bertz CT molecular complexity index is 216. The Morgan fingerprint density at radius 2 is 1.73 bits per heavy atom. The third-order valence-corrected chi connectivity index (χ3v) is 2.34. The molecular weight excluding hydrogens is 194 g/mol. The highest BCUT2D eigenvalue weighted by Gasteiger charge is 2.23. The molecule has 0 unspecified atom stereocenters. The van der Waals surface area contributed by atoms with Crippen LogP contribution in [0.5, 0.6) is 0 Å². The molecule has 15 heavy (non-hydrogen) atoms. The minimum atomic E-state index is -0.407. The molecule has 0 aliphatic rings. The van der Waals surface area contributed by atoms with Crippen LogP contribution in [-0.4, -0.2) is 39.5 Å². The summed E-state index contributed by atoms with van der Waals surface area (Å²) in [5.41, 5.74) is 0.416. The molecule has 0 bridgehead atoms. The second-order valence-corrected chi connectivity index (χ2v) is 3.32. The maximum atomic E-state index is 11.1. The summed E-state index contributed by atoms with van der Waals surface area (Å²) in [4.78, 5) is 11.1. The fourth-order valence-electron chi connectivity index (χ4n) is 1.17. The Morgan fingerprint density at radius 1 is 1.27 bits per heavy atom. The standard InChI is InChI=1S/C10H21N3O2/c1-8(2)9(14)15-7-6-10(11-3,12-4)13-5/h11-13H,1,6-7H2,2-5H3. The van der Waals surface area contributed by atoms with Crippen LogP contribution in [0.2, 0.25) is 0 Å². The van der Waals surface area contributed by atoms with E-state index in [9.17, 15) is 4.79 Å². The molecule has 0 rings (SSSR count). The minimum Gasteiger partial charge on any atom is -0.462 e. The van der Waals surface area contributed by atoms with E-state index in [1.165, 1.54) is 0 Å². The van der Waals surface area contributed by atoms with Gasteiger partial charge < -0.3 is 4.74 Å².